The number of hydrogen-bond acceptors (Lipinski definition) is 7. The second kappa shape index (κ2) is 8.29. The SMILES string of the molecule is CC(C)S(=O)(=O)Nc1cccc(C2Cc3nc(Cl)nc(N4CCOCC4)c3S2)c1. The van der Waals surface area contributed by atoms with E-state index in [2.05, 4.69) is 19.6 Å². The van der Waals surface area contributed by atoms with Gasteiger partial charge in [-0.05, 0) is 43.1 Å². The Morgan fingerprint density at radius 3 is 2.76 bits per heavy atom. The molecule has 2 aliphatic rings. The molecule has 0 amide bonds. The maximum absolute atomic E-state index is 12.2. The predicted molar refractivity (Wildman–Crippen MR) is 116 cm³/mol. The highest BCUT2D eigenvalue weighted by atomic mass is 35.5. The van der Waals surface area contributed by atoms with Crippen molar-refractivity contribution in [1.82, 2.24) is 9.97 Å². The van der Waals surface area contributed by atoms with Gasteiger partial charge in [-0.15, -0.1) is 11.8 Å². The van der Waals surface area contributed by atoms with Gasteiger partial charge >= 0.3 is 0 Å². The lowest BCUT2D eigenvalue weighted by Crippen LogP contribution is -2.37. The molecule has 1 aromatic heterocycles. The van der Waals surface area contributed by atoms with Crippen molar-refractivity contribution < 1.29 is 13.2 Å². The summed E-state index contributed by atoms with van der Waals surface area (Å²) in [4.78, 5) is 12.2. The Bertz CT molecular complexity index is 1010. The minimum absolute atomic E-state index is 0.126. The van der Waals surface area contributed by atoms with Crippen LogP contribution in [0.25, 0.3) is 0 Å². The molecular formula is C19H23ClN4O3S2. The Balaban J connectivity index is 1.59. The van der Waals surface area contributed by atoms with Gasteiger partial charge in [0.05, 0.1) is 29.1 Å². The molecule has 2 aliphatic heterocycles. The van der Waals surface area contributed by atoms with E-state index >= 15 is 0 Å². The van der Waals surface area contributed by atoms with Crippen molar-refractivity contribution in [3.63, 3.8) is 0 Å². The van der Waals surface area contributed by atoms with Crippen LogP contribution in [0, 0.1) is 0 Å². The van der Waals surface area contributed by atoms with Crippen LogP contribution >= 0.6 is 23.4 Å². The molecule has 7 nitrogen and oxygen atoms in total. The Kier molecular flexibility index (Phi) is 5.92. The van der Waals surface area contributed by atoms with E-state index in [0.717, 1.165) is 41.5 Å². The van der Waals surface area contributed by atoms with E-state index < -0.39 is 15.3 Å². The minimum Gasteiger partial charge on any atom is -0.378 e. The third-order valence-electron chi connectivity index (χ3n) is 4.98. The predicted octanol–water partition coefficient (Wildman–Crippen LogP) is 3.51. The lowest BCUT2D eigenvalue weighted by molar-refractivity contribution is 0.122. The van der Waals surface area contributed by atoms with Crippen LogP contribution in [-0.4, -0.2) is 49.9 Å². The topological polar surface area (TPSA) is 84.4 Å². The molecule has 10 heteroatoms. The molecule has 0 spiro atoms. The molecule has 1 aromatic carbocycles. The molecule has 1 fully saturated rings. The average Bonchev–Trinajstić information content (AvgIpc) is 3.12. The quantitative estimate of drug-likeness (QED) is 0.692. The first-order chi connectivity index (χ1) is 13.8. The first kappa shape index (κ1) is 20.7. The molecular weight excluding hydrogens is 432 g/mol. The van der Waals surface area contributed by atoms with Gasteiger partial charge in [-0.3, -0.25) is 4.72 Å². The maximum Gasteiger partial charge on any atom is 0.235 e. The molecule has 156 valence electrons. The molecule has 1 unspecified atom stereocenters. The van der Waals surface area contributed by atoms with E-state index in [4.69, 9.17) is 16.3 Å². The molecule has 0 bridgehead atoms. The summed E-state index contributed by atoms with van der Waals surface area (Å²) in [6.45, 7) is 6.20. The van der Waals surface area contributed by atoms with Gasteiger partial charge in [0.2, 0.25) is 15.3 Å². The second-order valence-corrected chi connectivity index (χ2v) is 11.1. The molecule has 1 atom stereocenters. The van der Waals surface area contributed by atoms with Crippen LogP contribution in [0.15, 0.2) is 29.2 Å². The van der Waals surface area contributed by atoms with Crippen LogP contribution in [0.3, 0.4) is 0 Å². The van der Waals surface area contributed by atoms with Gasteiger partial charge in [0, 0.05) is 30.4 Å². The van der Waals surface area contributed by atoms with Gasteiger partial charge in [0.25, 0.3) is 0 Å². The van der Waals surface area contributed by atoms with Gasteiger partial charge in [-0.25, -0.2) is 13.4 Å². The molecule has 1 N–H and O–H groups in total. The number of sulfonamides is 1. The third-order valence-corrected chi connectivity index (χ3v) is 8.29. The number of benzene rings is 1. The third kappa shape index (κ3) is 4.47. The van der Waals surface area contributed by atoms with Crippen LogP contribution in [0.1, 0.15) is 30.4 Å². The molecule has 1 saturated heterocycles. The van der Waals surface area contributed by atoms with Gasteiger partial charge < -0.3 is 9.64 Å². The van der Waals surface area contributed by atoms with Gasteiger partial charge in [0.1, 0.15) is 5.82 Å². The van der Waals surface area contributed by atoms with Gasteiger partial charge in [0.15, 0.2) is 0 Å². The van der Waals surface area contributed by atoms with Crippen molar-refractivity contribution in [1.29, 1.82) is 0 Å². The zero-order chi connectivity index (χ0) is 20.6. The van der Waals surface area contributed by atoms with E-state index in [-0.39, 0.29) is 10.5 Å². The summed E-state index contributed by atoms with van der Waals surface area (Å²) in [6, 6.07) is 7.55. The van der Waals surface area contributed by atoms with Crippen LogP contribution in [0.2, 0.25) is 5.28 Å². The molecule has 0 saturated carbocycles. The maximum atomic E-state index is 12.2. The van der Waals surface area contributed by atoms with E-state index in [1.54, 1.807) is 31.7 Å². The number of nitrogens with one attached hydrogen (secondary N) is 1. The van der Waals surface area contributed by atoms with E-state index in [9.17, 15) is 8.42 Å². The Hall–Kier alpha value is -1.55. The summed E-state index contributed by atoms with van der Waals surface area (Å²) in [6.07, 6.45) is 0.722. The fraction of sp³-hybridized carbons (Fsp3) is 0.474. The van der Waals surface area contributed by atoms with E-state index in [1.807, 2.05) is 18.2 Å². The van der Waals surface area contributed by atoms with Crippen molar-refractivity contribution in [2.75, 3.05) is 35.9 Å². The van der Waals surface area contributed by atoms with Crippen LogP contribution in [0.4, 0.5) is 11.5 Å². The first-order valence-electron chi connectivity index (χ1n) is 9.51. The molecule has 4 rings (SSSR count). The minimum atomic E-state index is -3.39. The zero-order valence-electron chi connectivity index (χ0n) is 16.3. The van der Waals surface area contributed by atoms with Crippen molar-refractivity contribution in [2.24, 2.45) is 0 Å². The number of ether oxygens (including phenoxy) is 1. The molecule has 0 aliphatic carbocycles. The Morgan fingerprint density at radius 2 is 2.03 bits per heavy atom. The van der Waals surface area contributed by atoms with Crippen molar-refractivity contribution >= 4 is 44.9 Å². The summed E-state index contributed by atoms with van der Waals surface area (Å²) in [5.41, 5.74) is 2.56. The van der Waals surface area contributed by atoms with Crippen molar-refractivity contribution in [3.8, 4) is 0 Å². The van der Waals surface area contributed by atoms with Crippen LogP contribution < -0.4 is 9.62 Å². The lowest BCUT2D eigenvalue weighted by Gasteiger charge is -2.29. The Morgan fingerprint density at radius 1 is 1.28 bits per heavy atom. The summed E-state index contributed by atoms with van der Waals surface area (Å²) in [7, 11) is -3.39. The van der Waals surface area contributed by atoms with Crippen LogP contribution in [-0.2, 0) is 21.2 Å². The summed E-state index contributed by atoms with van der Waals surface area (Å²) < 4.78 is 32.5. The summed E-state index contributed by atoms with van der Waals surface area (Å²) >= 11 is 7.91. The van der Waals surface area contributed by atoms with Gasteiger partial charge in [-0.1, -0.05) is 12.1 Å². The summed E-state index contributed by atoms with van der Waals surface area (Å²) in [5.74, 6) is 0.868. The highest BCUT2D eigenvalue weighted by Gasteiger charge is 2.31. The second-order valence-electron chi connectivity index (χ2n) is 7.32. The van der Waals surface area contributed by atoms with Gasteiger partial charge in [-0.2, -0.15) is 4.98 Å². The van der Waals surface area contributed by atoms with Crippen molar-refractivity contribution in [2.45, 2.75) is 35.7 Å². The molecule has 3 heterocycles. The number of fused-ring (bicyclic) bond motifs is 1. The highest BCUT2D eigenvalue weighted by Crippen LogP contribution is 2.49. The monoisotopic (exact) mass is 454 g/mol. The molecule has 2 aromatic rings. The molecule has 29 heavy (non-hydrogen) atoms. The smallest absolute Gasteiger partial charge is 0.235 e. The van der Waals surface area contributed by atoms with E-state index in [1.165, 1.54) is 0 Å². The zero-order valence-corrected chi connectivity index (χ0v) is 18.6. The number of nitrogens with zero attached hydrogens (tertiary/aromatic N) is 3. The number of rotatable bonds is 5. The fourth-order valence-electron chi connectivity index (χ4n) is 3.33. The standard InChI is InChI=1S/C19H23ClN4O3S2/c1-12(2)29(25,26)23-14-5-3-4-13(10-14)16-11-15-17(28-16)18(22-19(20)21-15)24-6-8-27-9-7-24/h3-5,10,12,16,23H,6-9,11H2,1-2H3. The largest absolute Gasteiger partial charge is 0.378 e. The number of aromatic nitrogens is 2. The number of hydrogen-bond donors (Lipinski definition) is 1. The fourth-order valence-corrected chi connectivity index (χ4v) is 5.56. The van der Waals surface area contributed by atoms with Crippen molar-refractivity contribution in [3.05, 3.63) is 40.8 Å². The number of thioether (sulfide) groups is 1. The lowest BCUT2D eigenvalue weighted by atomic mass is 10.1. The first-order valence-corrected chi connectivity index (χ1v) is 12.3. The average molecular weight is 455 g/mol. The number of halogens is 1. The van der Waals surface area contributed by atoms with E-state index in [0.29, 0.717) is 18.9 Å². The summed E-state index contributed by atoms with van der Waals surface area (Å²) in [5, 5.41) is -0.115. The van der Waals surface area contributed by atoms with Crippen LogP contribution in [0.5, 0.6) is 0 Å². The normalized spacial score (nSPS) is 19.4. The molecule has 0 radical (unpaired) electrons. The highest BCUT2D eigenvalue weighted by molar-refractivity contribution is 8.00. The number of morpholine rings is 1. The Labute approximate surface area is 180 Å². The number of anilines is 2.